The molecule has 0 saturated carbocycles. The molecule has 1 atom stereocenters. The third kappa shape index (κ3) is 2.51. The maximum Gasteiger partial charge on any atom is 0.129 e. The number of nitrogens with two attached hydrogens (primary N) is 1. The highest BCUT2D eigenvalue weighted by Crippen LogP contribution is 2.24. The van der Waals surface area contributed by atoms with Gasteiger partial charge in [-0.3, -0.25) is 0 Å². The lowest BCUT2D eigenvalue weighted by molar-refractivity contribution is 0.485. The molecule has 0 aromatic heterocycles. The number of hydrogen-bond acceptors (Lipinski definition) is 1. The van der Waals surface area contributed by atoms with Crippen LogP contribution in [0.15, 0.2) is 22.7 Å². The zero-order valence-corrected chi connectivity index (χ0v) is 9.31. The summed E-state index contributed by atoms with van der Waals surface area (Å²) in [5.41, 5.74) is 6.42. The number of hydrogen-bond donors (Lipinski definition) is 1. The molecule has 1 aromatic rings. The number of benzene rings is 1. The molecule has 0 aliphatic heterocycles. The fraction of sp³-hybridized carbons (Fsp3) is 0.400. The van der Waals surface area contributed by atoms with E-state index in [-0.39, 0.29) is 17.8 Å². The summed E-state index contributed by atoms with van der Waals surface area (Å²) >= 11 is 3.20. The highest BCUT2D eigenvalue weighted by molar-refractivity contribution is 9.10. The second-order valence-electron chi connectivity index (χ2n) is 3.44. The first kappa shape index (κ1) is 10.7. The van der Waals surface area contributed by atoms with Gasteiger partial charge in [-0.15, -0.1) is 0 Å². The smallest absolute Gasteiger partial charge is 0.129 e. The Morgan fingerprint density at radius 2 is 2.00 bits per heavy atom. The van der Waals surface area contributed by atoms with E-state index in [1.165, 1.54) is 6.07 Å². The van der Waals surface area contributed by atoms with E-state index >= 15 is 0 Å². The van der Waals surface area contributed by atoms with E-state index in [1.807, 2.05) is 13.8 Å². The summed E-state index contributed by atoms with van der Waals surface area (Å²) in [5, 5.41) is 0. The van der Waals surface area contributed by atoms with Crippen molar-refractivity contribution in [2.45, 2.75) is 19.9 Å². The van der Waals surface area contributed by atoms with Crippen molar-refractivity contribution >= 4 is 15.9 Å². The fourth-order valence-corrected chi connectivity index (χ4v) is 1.46. The number of rotatable bonds is 2. The molecule has 0 aliphatic carbocycles. The Labute approximate surface area is 86.3 Å². The van der Waals surface area contributed by atoms with Gasteiger partial charge in [0.25, 0.3) is 0 Å². The second kappa shape index (κ2) is 4.20. The Morgan fingerprint density at radius 3 is 2.46 bits per heavy atom. The summed E-state index contributed by atoms with van der Waals surface area (Å²) in [6.45, 7) is 3.96. The molecule has 0 radical (unpaired) electrons. The highest BCUT2D eigenvalue weighted by atomic mass is 79.9. The van der Waals surface area contributed by atoms with E-state index in [0.717, 1.165) is 4.47 Å². The molecule has 0 spiro atoms. The van der Waals surface area contributed by atoms with Gasteiger partial charge in [0.15, 0.2) is 0 Å². The van der Waals surface area contributed by atoms with Crippen LogP contribution in [0.25, 0.3) is 0 Å². The molecule has 72 valence electrons. The van der Waals surface area contributed by atoms with Crippen molar-refractivity contribution in [2.75, 3.05) is 0 Å². The summed E-state index contributed by atoms with van der Waals surface area (Å²) in [7, 11) is 0. The van der Waals surface area contributed by atoms with Gasteiger partial charge in [0.2, 0.25) is 0 Å². The Morgan fingerprint density at radius 1 is 1.38 bits per heavy atom. The normalized spacial score (nSPS) is 13.4. The Bertz CT molecular complexity index is 299. The van der Waals surface area contributed by atoms with Crippen molar-refractivity contribution in [3.8, 4) is 0 Å². The molecule has 3 heteroatoms. The molecule has 1 unspecified atom stereocenters. The lowest BCUT2D eigenvalue weighted by Gasteiger charge is -2.16. The summed E-state index contributed by atoms with van der Waals surface area (Å²) in [5.74, 6) is 0.00579. The van der Waals surface area contributed by atoms with Gasteiger partial charge >= 0.3 is 0 Å². The minimum Gasteiger partial charge on any atom is -0.324 e. The van der Waals surface area contributed by atoms with Crippen molar-refractivity contribution in [3.63, 3.8) is 0 Å². The van der Waals surface area contributed by atoms with Gasteiger partial charge in [0.1, 0.15) is 5.82 Å². The summed E-state index contributed by atoms with van der Waals surface area (Å²) in [6, 6.07) is 4.75. The number of halogens is 2. The standard InChI is InChI=1S/C10H13BrFN/c1-6(2)10(13)8-4-3-7(11)5-9(8)12/h3-6,10H,13H2,1-2H3. The predicted octanol–water partition coefficient (Wildman–Crippen LogP) is 3.24. The van der Waals surface area contributed by atoms with Gasteiger partial charge in [-0.2, -0.15) is 0 Å². The van der Waals surface area contributed by atoms with E-state index in [9.17, 15) is 4.39 Å². The monoisotopic (exact) mass is 245 g/mol. The predicted molar refractivity (Wildman–Crippen MR) is 55.9 cm³/mol. The van der Waals surface area contributed by atoms with Crippen LogP contribution in [0, 0.1) is 11.7 Å². The summed E-state index contributed by atoms with van der Waals surface area (Å²) < 4.78 is 14.1. The molecule has 0 heterocycles. The Balaban J connectivity index is 3.01. The molecule has 0 aliphatic rings. The molecule has 0 saturated heterocycles. The maximum absolute atomic E-state index is 13.4. The highest BCUT2D eigenvalue weighted by Gasteiger charge is 2.14. The molecule has 0 amide bonds. The zero-order chi connectivity index (χ0) is 10.0. The first-order valence-corrected chi connectivity index (χ1v) is 5.02. The van der Waals surface area contributed by atoms with Crippen LogP contribution in [-0.2, 0) is 0 Å². The van der Waals surface area contributed by atoms with Crippen molar-refractivity contribution in [3.05, 3.63) is 34.1 Å². The van der Waals surface area contributed by atoms with Crippen LogP contribution in [0.1, 0.15) is 25.5 Å². The average Bonchev–Trinajstić information content (AvgIpc) is 2.03. The van der Waals surface area contributed by atoms with Crippen LogP contribution in [-0.4, -0.2) is 0 Å². The molecule has 2 N–H and O–H groups in total. The van der Waals surface area contributed by atoms with Gasteiger partial charge in [-0.05, 0) is 18.1 Å². The van der Waals surface area contributed by atoms with E-state index in [4.69, 9.17) is 5.73 Å². The molecular weight excluding hydrogens is 233 g/mol. The zero-order valence-electron chi connectivity index (χ0n) is 7.72. The van der Waals surface area contributed by atoms with Crippen molar-refractivity contribution in [1.29, 1.82) is 0 Å². The first-order valence-electron chi connectivity index (χ1n) is 4.23. The molecule has 1 rings (SSSR count). The van der Waals surface area contributed by atoms with Gasteiger partial charge in [0.05, 0.1) is 0 Å². The second-order valence-corrected chi connectivity index (χ2v) is 4.35. The molecule has 1 nitrogen and oxygen atoms in total. The SMILES string of the molecule is CC(C)C(N)c1ccc(Br)cc1F. The van der Waals surface area contributed by atoms with Crippen LogP contribution in [0.2, 0.25) is 0 Å². The quantitative estimate of drug-likeness (QED) is 0.851. The van der Waals surface area contributed by atoms with Gasteiger partial charge in [-0.1, -0.05) is 35.8 Å². The molecule has 1 aromatic carbocycles. The maximum atomic E-state index is 13.4. The lowest BCUT2D eigenvalue weighted by atomic mass is 9.97. The van der Waals surface area contributed by atoms with Gasteiger partial charge in [-0.25, -0.2) is 4.39 Å². The summed E-state index contributed by atoms with van der Waals surface area (Å²) in [6.07, 6.45) is 0. The van der Waals surface area contributed by atoms with Crippen LogP contribution in [0.3, 0.4) is 0 Å². The minimum absolute atomic E-state index is 0.229. The van der Waals surface area contributed by atoms with E-state index in [0.29, 0.717) is 5.56 Å². The molecule has 0 fully saturated rings. The third-order valence-corrected chi connectivity index (χ3v) is 2.53. The average molecular weight is 246 g/mol. The summed E-state index contributed by atoms with van der Waals surface area (Å²) in [4.78, 5) is 0. The fourth-order valence-electron chi connectivity index (χ4n) is 1.13. The van der Waals surface area contributed by atoms with E-state index < -0.39 is 0 Å². The Hall–Kier alpha value is -0.410. The largest absolute Gasteiger partial charge is 0.324 e. The van der Waals surface area contributed by atoms with Crippen molar-refractivity contribution in [2.24, 2.45) is 11.7 Å². The molecule has 13 heavy (non-hydrogen) atoms. The topological polar surface area (TPSA) is 26.0 Å². The van der Waals surface area contributed by atoms with Crippen LogP contribution >= 0.6 is 15.9 Å². The van der Waals surface area contributed by atoms with Crippen LogP contribution in [0.5, 0.6) is 0 Å². The van der Waals surface area contributed by atoms with Gasteiger partial charge in [0, 0.05) is 16.1 Å². The van der Waals surface area contributed by atoms with Crippen molar-refractivity contribution < 1.29 is 4.39 Å². The van der Waals surface area contributed by atoms with Crippen LogP contribution in [0.4, 0.5) is 4.39 Å². The molecule has 0 bridgehead atoms. The van der Waals surface area contributed by atoms with E-state index in [1.54, 1.807) is 12.1 Å². The lowest BCUT2D eigenvalue weighted by Crippen LogP contribution is -2.18. The minimum atomic E-state index is -0.240. The molecular formula is C10H13BrFN. The third-order valence-electron chi connectivity index (χ3n) is 2.04. The van der Waals surface area contributed by atoms with Crippen molar-refractivity contribution in [1.82, 2.24) is 0 Å². The van der Waals surface area contributed by atoms with Crippen LogP contribution < -0.4 is 5.73 Å². The first-order chi connectivity index (χ1) is 6.02. The Kier molecular flexibility index (Phi) is 3.45. The van der Waals surface area contributed by atoms with E-state index in [2.05, 4.69) is 15.9 Å². The van der Waals surface area contributed by atoms with Gasteiger partial charge < -0.3 is 5.73 Å².